The van der Waals surface area contributed by atoms with Crippen molar-refractivity contribution in [3.8, 4) is 0 Å². The van der Waals surface area contributed by atoms with E-state index in [0.717, 1.165) is 12.8 Å². The summed E-state index contributed by atoms with van der Waals surface area (Å²) in [6.07, 6.45) is 2.68. The minimum Gasteiger partial charge on any atom is -0.371 e. The Balaban J connectivity index is 2.45. The Morgan fingerprint density at radius 3 is 2.67 bits per heavy atom. The highest BCUT2D eigenvalue weighted by Gasteiger charge is 2.32. The predicted molar refractivity (Wildman–Crippen MR) is 38.9 cm³/mol. The molecule has 0 aromatic rings. The van der Waals surface area contributed by atoms with E-state index < -0.39 is 0 Å². The molecule has 0 aliphatic carbocycles. The first kappa shape index (κ1) is 7.36. The van der Waals surface area contributed by atoms with Crippen LogP contribution in [0.3, 0.4) is 0 Å². The van der Waals surface area contributed by atoms with Crippen molar-refractivity contribution in [1.82, 2.24) is 0 Å². The minimum absolute atomic E-state index is 0.0268. The van der Waals surface area contributed by atoms with Gasteiger partial charge in [-0.25, -0.2) is 0 Å². The van der Waals surface area contributed by atoms with Gasteiger partial charge in [-0.3, -0.25) is 0 Å². The molecule has 1 heterocycles. The Morgan fingerprint density at radius 1 is 1.78 bits per heavy atom. The third-order valence-corrected chi connectivity index (χ3v) is 2.41. The van der Waals surface area contributed by atoms with Gasteiger partial charge in [-0.15, -0.1) is 11.6 Å². The highest BCUT2D eigenvalue weighted by atomic mass is 35.5. The molecule has 0 spiro atoms. The van der Waals surface area contributed by atoms with Crippen LogP contribution in [0.15, 0.2) is 0 Å². The van der Waals surface area contributed by atoms with Gasteiger partial charge in [0.05, 0.1) is 17.6 Å². The van der Waals surface area contributed by atoms with Crippen molar-refractivity contribution in [2.75, 3.05) is 5.88 Å². The lowest BCUT2D eigenvalue weighted by atomic mass is 10.1. The van der Waals surface area contributed by atoms with Crippen molar-refractivity contribution < 1.29 is 4.74 Å². The second-order valence-electron chi connectivity index (χ2n) is 3.05. The number of alkyl halides is 1. The molecular weight excluding hydrogens is 136 g/mol. The number of rotatable bonds is 1. The van der Waals surface area contributed by atoms with Crippen molar-refractivity contribution in [2.24, 2.45) is 0 Å². The smallest absolute Gasteiger partial charge is 0.0793 e. The van der Waals surface area contributed by atoms with Crippen LogP contribution in [0.1, 0.15) is 26.7 Å². The highest BCUT2D eigenvalue weighted by molar-refractivity contribution is 6.18. The standard InChI is InChI=1S/C7H13ClO/c1-6-3-4-7(2,5-8)9-6/h6H,3-5H2,1-2H3/t6-,7+/m1/s1. The molecule has 2 heteroatoms. The second-order valence-corrected chi connectivity index (χ2v) is 3.32. The molecule has 9 heavy (non-hydrogen) atoms. The van der Waals surface area contributed by atoms with Gasteiger partial charge in [-0.1, -0.05) is 0 Å². The highest BCUT2D eigenvalue weighted by Crippen LogP contribution is 2.30. The number of ether oxygens (including phenoxy) is 1. The average Bonchev–Trinajstić information content (AvgIpc) is 2.13. The van der Waals surface area contributed by atoms with Gasteiger partial charge in [0.25, 0.3) is 0 Å². The normalized spacial score (nSPS) is 43.7. The van der Waals surface area contributed by atoms with E-state index in [2.05, 4.69) is 13.8 Å². The van der Waals surface area contributed by atoms with Gasteiger partial charge in [0.2, 0.25) is 0 Å². The molecule has 0 bridgehead atoms. The lowest BCUT2D eigenvalue weighted by molar-refractivity contribution is -0.00415. The molecule has 1 rings (SSSR count). The summed E-state index contributed by atoms with van der Waals surface area (Å²) in [5.41, 5.74) is -0.0268. The van der Waals surface area contributed by atoms with Crippen LogP contribution in [0.4, 0.5) is 0 Å². The predicted octanol–water partition coefficient (Wildman–Crippen LogP) is 2.18. The second kappa shape index (κ2) is 2.47. The molecule has 0 unspecified atom stereocenters. The Hall–Kier alpha value is 0.250. The van der Waals surface area contributed by atoms with Crippen LogP contribution in [0.2, 0.25) is 0 Å². The molecule has 1 saturated heterocycles. The SMILES string of the molecule is C[C@@H]1CC[C@@](C)(CCl)O1. The Kier molecular flexibility index (Phi) is 2.02. The summed E-state index contributed by atoms with van der Waals surface area (Å²) in [6.45, 7) is 4.17. The van der Waals surface area contributed by atoms with E-state index >= 15 is 0 Å². The van der Waals surface area contributed by atoms with Crippen molar-refractivity contribution in [3.63, 3.8) is 0 Å². The summed E-state index contributed by atoms with van der Waals surface area (Å²) in [7, 11) is 0. The summed E-state index contributed by atoms with van der Waals surface area (Å²) in [4.78, 5) is 0. The van der Waals surface area contributed by atoms with Gasteiger partial charge in [0.15, 0.2) is 0 Å². The van der Waals surface area contributed by atoms with E-state index in [-0.39, 0.29) is 5.60 Å². The Labute approximate surface area is 61.3 Å². The molecule has 0 radical (unpaired) electrons. The molecule has 0 saturated carbocycles. The summed E-state index contributed by atoms with van der Waals surface area (Å²) in [5, 5.41) is 0. The third-order valence-electron chi connectivity index (χ3n) is 1.85. The molecule has 1 fully saturated rings. The molecule has 2 atom stereocenters. The zero-order valence-corrected chi connectivity index (χ0v) is 6.74. The van der Waals surface area contributed by atoms with E-state index in [1.54, 1.807) is 0 Å². The van der Waals surface area contributed by atoms with Crippen LogP contribution in [0, 0.1) is 0 Å². The van der Waals surface area contributed by atoms with Crippen molar-refractivity contribution in [2.45, 2.75) is 38.4 Å². The fourth-order valence-electron chi connectivity index (χ4n) is 1.21. The van der Waals surface area contributed by atoms with E-state index in [1.807, 2.05) is 0 Å². The van der Waals surface area contributed by atoms with Crippen LogP contribution >= 0.6 is 11.6 Å². The summed E-state index contributed by atoms with van der Waals surface area (Å²) >= 11 is 5.69. The van der Waals surface area contributed by atoms with Gasteiger partial charge >= 0.3 is 0 Å². The first-order valence-electron chi connectivity index (χ1n) is 3.40. The van der Waals surface area contributed by atoms with Crippen molar-refractivity contribution in [3.05, 3.63) is 0 Å². The molecule has 1 aliphatic heterocycles. The maximum Gasteiger partial charge on any atom is 0.0793 e. The number of halogens is 1. The Bertz CT molecular complexity index is 105. The fourth-order valence-corrected chi connectivity index (χ4v) is 1.41. The van der Waals surface area contributed by atoms with Crippen molar-refractivity contribution in [1.29, 1.82) is 0 Å². The van der Waals surface area contributed by atoms with E-state index in [1.165, 1.54) is 0 Å². The Morgan fingerprint density at radius 2 is 2.44 bits per heavy atom. The van der Waals surface area contributed by atoms with E-state index in [9.17, 15) is 0 Å². The summed E-state index contributed by atoms with van der Waals surface area (Å²) < 4.78 is 5.57. The monoisotopic (exact) mass is 148 g/mol. The first-order chi connectivity index (χ1) is 4.16. The van der Waals surface area contributed by atoms with Crippen LogP contribution in [-0.2, 0) is 4.74 Å². The number of hydrogen-bond donors (Lipinski definition) is 0. The molecule has 0 aromatic carbocycles. The fraction of sp³-hybridized carbons (Fsp3) is 1.00. The molecule has 0 amide bonds. The molecule has 1 aliphatic rings. The van der Waals surface area contributed by atoms with E-state index in [4.69, 9.17) is 16.3 Å². The van der Waals surface area contributed by atoms with Gasteiger partial charge in [0, 0.05) is 0 Å². The molecule has 0 aromatic heterocycles. The van der Waals surface area contributed by atoms with Gasteiger partial charge in [-0.2, -0.15) is 0 Å². The van der Waals surface area contributed by atoms with Gasteiger partial charge in [-0.05, 0) is 26.7 Å². The molecule has 54 valence electrons. The summed E-state index contributed by atoms with van der Waals surface area (Å²) in [6, 6.07) is 0. The minimum atomic E-state index is -0.0268. The van der Waals surface area contributed by atoms with Gasteiger partial charge in [0.1, 0.15) is 0 Å². The third kappa shape index (κ3) is 1.59. The lowest BCUT2D eigenvalue weighted by Gasteiger charge is -2.20. The van der Waals surface area contributed by atoms with Crippen LogP contribution in [0.25, 0.3) is 0 Å². The zero-order chi connectivity index (χ0) is 6.91. The van der Waals surface area contributed by atoms with Gasteiger partial charge < -0.3 is 4.74 Å². The molecule has 1 nitrogen and oxygen atoms in total. The van der Waals surface area contributed by atoms with Crippen LogP contribution in [-0.4, -0.2) is 17.6 Å². The first-order valence-corrected chi connectivity index (χ1v) is 3.93. The summed E-state index contributed by atoms with van der Waals surface area (Å²) in [5.74, 6) is 0.622. The average molecular weight is 149 g/mol. The van der Waals surface area contributed by atoms with Crippen LogP contribution < -0.4 is 0 Å². The largest absolute Gasteiger partial charge is 0.371 e. The van der Waals surface area contributed by atoms with Crippen LogP contribution in [0.5, 0.6) is 0 Å². The maximum atomic E-state index is 5.69. The lowest BCUT2D eigenvalue weighted by Crippen LogP contribution is -2.26. The van der Waals surface area contributed by atoms with Crippen molar-refractivity contribution >= 4 is 11.6 Å². The quantitative estimate of drug-likeness (QED) is 0.518. The molecular formula is C7H13ClO. The number of hydrogen-bond acceptors (Lipinski definition) is 1. The van der Waals surface area contributed by atoms with E-state index in [0.29, 0.717) is 12.0 Å². The topological polar surface area (TPSA) is 9.23 Å². The molecule has 0 N–H and O–H groups in total. The zero-order valence-electron chi connectivity index (χ0n) is 5.98. The maximum absolute atomic E-state index is 5.69.